The molecule has 1 unspecified atom stereocenters. The third-order valence-corrected chi connectivity index (χ3v) is 10.2. The molecule has 292 valence electrons. The summed E-state index contributed by atoms with van der Waals surface area (Å²) in [5, 5.41) is 0. The van der Waals surface area contributed by atoms with E-state index in [2.05, 4.69) is 76.3 Å². The topological polar surface area (TPSA) is 29.5 Å². The Labute approximate surface area is 314 Å². The van der Waals surface area contributed by atoms with Crippen LogP contribution in [0.5, 0.6) is 0 Å². The summed E-state index contributed by atoms with van der Waals surface area (Å²) in [6.07, 6.45) is 55.8. The van der Waals surface area contributed by atoms with E-state index in [0.717, 1.165) is 44.6 Å². The Morgan fingerprint density at radius 1 is 0.500 bits per heavy atom. The lowest BCUT2D eigenvalue weighted by atomic mass is 10.0. The Morgan fingerprint density at radius 3 is 1.30 bits per heavy atom. The lowest BCUT2D eigenvalue weighted by Crippen LogP contribution is -2.32. The minimum Gasteiger partial charge on any atom is -0.446 e. The van der Waals surface area contributed by atoms with E-state index in [1.165, 1.54) is 161 Å². The molecule has 3 heteroatoms. The number of hydrogen-bond donors (Lipinski definition) is 0. The van der Waals surface area contributed by atoms with Gasteiger partial charge in [0.15, 0.2) is 0 Å². The van der Waals surface area contributed by atoms with Crippen LogP contribution in [0.2, 0.25) is 0 Å². The number of carbonyl (C=O) groups is 1. The molecule has 1 atom stereocenters. The van der Waals surface area contributed by atoms with Crippen LogP contribution in [0.25, 0.3) is 0 Å². The summed E-state index contributed by atoms with van der Waals surface area (Å²) in [5.41, 5.74) is 0. The Balaban J connectivity index is 4.26. The molecule has 0 aliphatic heterocycles. The predicted octanol–water partition coefficient (Wildman–Crippen LogP) is 16.0. The molecule has 0 rings (SSSR count). The number of hydrogen-bond acceptors (Lipinski definition) is 2. The van der Waals surface area contributed by atoms with Crippen molar-refractivity contribution >= 4 is 6.09 Å². The largest absolute Gasteiger partial charge is 0.446 e. The summed E-state index contributed by atoms with van der Waals surface area (Å²) in [4.78, 5) is 14.8. The number of carbonyl (C=O) groups excluding carboxylic acids is 1. The first-order valence-corrected chi connectivity index (χ1v) is 22.1. The highest BCUT2D eigenvalue weighted by Gasteiger charge is 2.17. The Bertz CT molecular complexity index is 764. The molecule has 0 aromatic heterocycles. The second kappa shape index (κ2) is 40.0. The summed E-state index contributed by atoms with van der Waals surface area (Å²) >= 11 is 0. The normalized spacial score (nSPS) is 13.4. The van der Waals surface area contributed by atoms with Crippen LogP contribution in [0.4, 0.5) is 4.79 Å². The van der Waals surface area contributed by atoms with E-state index < -0.39 is 0 Å². The zero-order valence-corrected chi connectivity index (χ0v) is 34.5. The summed E-state index contributed by atoms with van der Waals surface area (Å²) in [5.74, 6) is 0.778. The molecule has 0 aliphatic carbocycles. The smallest absolute Gasteiger partial charge is 0.409 e. The van der Waals surface area contributed by atoms with Gasteiger partial charge in [0.2, 0.25) is 0 Å². The number of ether oxygens (including phenoxy) is 1. The molecule has 0 fully saturated rings. The fourth-order valence-corrected chi connectivity index (χ4v) is 6.35. The molecule has 0 aliphatic rings. The summed E-state index contributed by atoms with van der Waals surface area (Å²) in [7, 11) is 1.92. The van der Waals surface area contributed by atoms with Crippen LogP contribution in [0, 0.1) is 5.92 Å². The number of nitrogens with zero attached hydrogens (tertiary/aromatic N) is 1. The Kier molecular flexibility index (Phi) is 38.6. The van der Waals surface area contributed by atoms with Crippen molar-refractivity contribution in [1.82, 2.24) is 4.90 Å². The van der Waals surface area contributed by atoms with Crippen molar-refractivity contribution in [3.8, 4) is 0 Å². The molecule has 0 saturated heterocycles. The molecular weight excluding hydrogens is 611 g/mol. The third kappa shape index (κ3) is 36.0. The summed E-state index contributed by atoms with van der Waals surface area (Å²) < 4.78 is 6.12. The van der Waals surface area contributed by atoms with E-state index in [1.807, 2.05) is 11.9 Å². The first kappa shape index (κ1) is 48.2. The first-order chi connectivity index (χ1) is 24.5. The zero-order chi connectivity index (χ0) is 36.6. The Morgan fingerprint density at radius 2 is 0.880 bits per heavy atom. The minimum absolute atomic E-state index is 0.0710. The van der Waals surface area contributed by atoms with Gasteiger partial charge in [-0.1, -0.05) is 173 Å². The Hall–Kier alpha value is -1.77. The van der Waals surface area contributed by atoms with Gasteiger partial charge in [-0.25, -0.2) is 4.79 Å². The van der Waals surface area contributed by atoms with E-state index >= 15 is 0 Å². The lowest BCUT2D eigenvalue weighted by Gasteiger charge is -2.23. The van der Waals surface area contributed by atoms with Crippen LogP contribution in [-0.2, 0) is 4.74 Å². The fraction of sp³-hybridized carbons (Fsp3) is 0.809. The van der Waals surface area contributed by atoms with Crippen LogP contribution in [0.1, 0.15) is 220 Å². The maximum absolute atomic E-state index is 13.0. The predicted molar refractivity (Wildman–Crippen MR) is 224 cm³/mol. The van der Waals surface area contributed by atoms with Crippen molar-refractivity contribution in [2.45, 2.75) is 226 Å². The molecule has 3 nitrogen and oxygen atoms in total. The fourth-order valence-electron chi connectivity index (χ4n) is 6.35. The van der Waals surface area contributed by atoms with Crippen molar-refractivity contribution in [2.24, 2.45) is 5.92 Å². The average Bonchev–Trinajstić information content (AvgIpc) is 3.12. The van der Waals surface area contributed by atoms with E-state index in [0.29, 0.717) is 0 Å². The third-order valence-electron chi connectivity index (χ3n) is 10.2. The second-order valence-electron chi connectivity index (χ2n) is 15.2. The molecular formula is C47H87NO2. The zero-order valence-electron chi connectivity index (χ0n) is 34.5. The van der Waals surface area contributed by atoms with Gasteiger partial charge in [0.1, 0.15) is 6.10 Å². The standard InChI is InChI=1S/C47H87NO2/c1-6-9-11-13-15-17-19-21-23-25-27-29-31-33-35-37-42-46(50-47(49)48(5)44-40-39-41-45(4)8-3)43-38-36-34-32-30-28-26-24-22-20-18-16-14-12-10-7-2/h15-18,21-24,45-46H,6-14,19-20,25-44H2,1-5H3. The number of rotatable bonds is 37. The van der Waals surface area contributed by atoms with E-state index in [-0.39, 0.29) is 12.2 Å². The van der Waals surface area contributed by atoms with Crippen LogP contribution in [0.15, 0.2) is 48.6 Å². The van der Waals surface area contributed by atoms with E-state index in [9.17, 15) is 4.79 Å². The molecule has 50 heavy (non-hydrogen) atoms. The monoisotopic (exact) mass is 698 g/mol. The van der Waals surface area contributed by atoms with Gasteiger partial charge >= 0.3 is 6.09 Å². The van der Waals surface area contributed by atoms with Gasteiger partial charge in [0.25, 0.3) is 0 Å². The van der Waals surface area contributed by atoms with E-state index in [4.69, 9.17) is 4.74 Å². The quantitative estimate of drug-likeness (QED) is 0.0478. The van der Waals surface area contributed by atoms with Crippen molar-refractivity contribution in [2.75, 3.05) is 13.6 Å². The summed E-state index contributed by atoms with van der Waals surface area (Å²) in [6, 6.07) is 0. The maximum atomic E-state index is 13.0. The van der Waals surface area contributed by atoms with Gasteiger partial charge in [0.05, 0.1) is 0 Å². The van der Waals surface area contributed by atoms with Gasteiger partial charge < -0.3 is 9.64 Å². The molecule has 0 aromatic carbocycles. The molecule has 1 amide bonds. The van der Waals surface area contributed by atoms with Crippen molar-refractivity contribution in [3.63, 3.8) is 0 Å². The molecule has 0 radical (unpaired) electrons. The van der Waals surface area contributed by atoms with Gasteiger partial charge in [0, 0.05) is 13.6 Å². The highest BCUT2D eigenvalue weighted by molar-refractivity contribution is 5.67. The lowest BCUT2D eigenvalue weighted by molar-refractivity contribution is 0.0579. The van der Waals surface area contributed by atoms with Crippen LogP contribution < -0.4 is 0 Å². The molecule has 0 aromatic rings. The van der Waals surface area contributed by atoms with Crippen molar-refractivity contribution < 1.29 is 9.53 Å². The molecule has 0 heterocycles. The molecule has 0 N–H and O–H groups in total. The maximum Gasteiger partial charge on any atom is 0.409 e. The van der Waals surface area contributed by atoms with Crippen LogP contribution in [0.3, 0.4) is 0 Å². The van der Waals surface area contributed by atoms with Gasteiger partial charge in [-0.3, -0.25) is 0 Å². The molecule has 0 saturated carbocycles. The van der Waals surface area contributed by atoms with Gasteiger partial charge in [-0.15, -0.1) is 0 Å². The first-order valence-electron chi connectivity index (χ1n) is 22.1. The average molecular weight is 698 g/mol. The van der Waals surface area contributed by atoms with Crippen LogP contribution >= 0.6 is 0 Å². The van der Waals surface area contributed by atoms with Crippen molar-refractivity contribution in [1.29, 1.82) is 0 Å². The van der Waals surface area contributed by atoms with Gasteiger partial charge in [-0.2, -0.15) is 0 Å². The van der Waals surface area contributed by atoms with Crippen molar-refractivity contribution in [3.05, 3.63) is 48.6 Å². The minimum atomic E-state index is -0.112. The highest BCUT2D eigenvalue weighted by atomic mass is 16.6. The number of unbranched alkanes of at least 4 members (excludes halogenated alkanes) is 19. The highest BCUT2D eigenvalue weighted by Crippen LogP contribution is 2.19. The van der Waals surface area contributed by atoms with Gasteiger partial charge in [-0.05, 0) is 102 Å². The number of allylic oxidation sites excluding steroid dienone is 8. The van der Waals surface area contributed by atoms with Crippen LogP contribution in [-0.4, -0.2) is 30.7 Å². The molecule has 0 spiro atoms. The van der Waals surface area contributed by atoms with E-state index in [1.54, 1.807) is 0 Å². The summed E-state index contributed by atoms with van der Waals surface area (Å²) in [6.45, 7) is 9.92. The second-order valence-corrected chi connectivity index (χ2v) is 15.2. The number of amides is 1. The molecule has 0 bridgehead atoms. The SMILES string of the molecule is CCCCCC=CCC=CCCCCCCCCC(CCCCCCCCC=CCC=CCCCCC)OC(=O)N(C)CCCCC(C)CC.